The lowest BCUT2D eigenvalue weighted by atomic mass is 9.88. The summed E-state index contributed by atoms with van der Waals surface area (Å²) >= 11 is 0. The number of anilines is 2. The molecule has 4 aromatic rings. The zero-order valence-corrected chi connectivity index (χ0v) is 18.5. The number of nitrogens with zero attached hydrogens (tertiary/aromatic N) is 2. The molecule has 0 saturated heterocycles. The minimum absolute atomic E-state index is 0.0737. The third-order valence-electron chi connectivity index (χ3n) is 6.09. The molecule has 3 heterocycles. The number of benzene rings is 2. The van der Waals surface area contributed by atoms with E-state index in [4.69, 9.17) is 8.83 Å². The van der Waals surface area contributed by atoms with Crippen LogP contribution in [0.3, 0.4) is 0 Å². The third kappa shape index (κ3) is 3.63. The van der Waals surface area contributed by atoms with Crippen LogP contribution in [-0.4, -0.2) is 17.9 Å². The fraction of sp³-hybridized carbons (Fsp3) is 0.185. The van der Waals surface area contributed by atoms with Crippen LogP contribution in [-0.2, 0) is 4.79 Å². The lowest BCUT2D eigenvalue weighted by Crippen LogP contribution is -2.47. The Labute approximate surface area is 192 Å². The van der Waals surface area contributed by atoms with Crippen molar-refractivity contribution in [3.05, 3.63) is 96.6 Å². The van der Waals surface area contributed by atoms with E-state index < -0.39 is 0 Å². The van der Waals surface area contributed by atoms with E-state index in [0.717, 1.165) is 22.4 Å². The summed E-state index contributed by atoms with van der Waals surface area (Å²) in [6, 6.07) is 22.3. The van der Waals surface area contributed by atoms with Crippen LogP contribution in [0.5, 0.6) is 0 Å². The first-order valence-electron chi connectivity index (χ1n) is 10.9. The van der Waals surface area contributed by atoms with Gasteiger partial charge in [-0.3, -0.25) is 14.5 Å². The highest BCUT2D eigenvalue weighted by Crippen LogP contribution is 2.48. The highest BCUT2D eigenvalue weighted by atomic mass is 16.4. The third-order valence-corrected chi connectivity index (χ3v) is 6.09. The van der Waals surface area contributed by atoms with E-state index in [-0.39, 0.29) is 29.7 Å². The van der Waals surface area contributed by atoms with Crippen molar-refractivity contribution in [3.63, 3.8) is 0 Å². The van der Waals surface area contributed by atoms with Gasteiger partial charge in [-0.05, 0) is 43.2 Å². The average Bonchev–Trinajstić information content (AvgIpc) is 3.51. The molecule has 0 saturated carbocycles. The second kappa shape index (κ2) is 8.47. The Morgan fingerprint density at radius 2 is 1.64 bits per heavy atom. The van der Waals surface area contributed by atoms with Crippen LogP contribution in [0.25, 0.3) is 11.1 Å². The first-order chi connectivity index (χ1) is 16.1. The highest BCUT2D eigenvalue weighted by Gasteiger charge is 2.43. The molecular formula is C27H24N2O4. The van der Waals surface area contributed by atoms with Crippen molar-refractivity contribution in [3.8, 4) is 11.1 Å². The van der Waals surface area contributed by atoms with Crippen LogP contribution in [0.15, 0.2) is 94.2 Å². The van der Waals surface area contributed by atoms with Crippen LogP contribution in [0.1, 0.15) is 42.4 Å². The minimum atomic E-state index is -0.301. The standard InChI is InChI=1S/C27H24N2O4/c1-18-16-23(29(19(2)30)21-12-7-4-8-13-21)25-22(20-10-5-3-6-11-20)17-33-27(25)28(18)26(31)24-14-9-15-32-24/h3-15,17-18,23H,16H2,1-2H3. The Morgan fingerprint density at radius 1 is 0.939 bits per heavy atom. The van der Waals surface area contributed by atoms with Crippen molar-refractivity contribution in [2.75, 3.05) is 9.80 Å². The van der Waals surface area contributed by atoms with Gasteiger partial charge in [-0.2, -0.15) is 0 Å². The predicted molar refractivity (Wildman–Crippen MR) is 126 cm³/mol. The number of hydrogen-bond donors (Lipinski definition) is 0. The zero-order valence-electron chi connectivity index (χ0n) is 18.5. The number of para-hydroxylation sites is 1. The molecule has 2 aromatic heterocycles. The lowest BCUT2D eigenvalue weighted by molar-refractivity contribution is -0.117. The van der Waals surface area contributed by atoms with Crippen molar-refractivity contribution in [1.29, 1.82) is 0 Å². The molecule has 0 N–H and O–H groups in total. The Kier molecular flexibility index (Phi) is 5.34. The fourth-order valence-electron chi connectivity index (χ4n) is 4.67. The molecule has 166 valence electrons. The number of hydrogen-bond acceptors (Lipinski definition) is 4. The predicted octanol–water partition coefficient (Wildman–Crippen LogP) is 6.07. The van der Waals surface area contributed by atoms with Gasteiger partial charge in [-0.25, -0.2) is 0 Å². The normalized spacial score (nSPS) is 17.5. The van der Waals surface area contributed by atoms with E-state index in [2.05, 4.69) is 0 Å². The van der Waals surface area contributed by atoms with E-state index in [9.17, 15) is 9.59 Å². The summed E-state index contributed by atoms with van der Waals surface area (Å²) in [5.41, 5.74) is 3.45. The van der Waals surface area contributed by atoms with Crippen molar-refractivity contribution in [2.45, 2.75) is 32.4 Å². The first kappa shape index (κ1) is 20.8. The van der Waals surface area contributed by atoms with Gasteiger partial charge < -0.3 is 13.7 Å². The smallest absolute Gasteiger partial charge is 0.296 e. The summed E-state index contributed by atoms with van der Waals surface area (Å²) in [6.07, 6.45) is 3.71. The van der Waals surface area contributed by atoms with E-state index in [1.807, 2.05) is 67.6 Å². The quantitative estimate of drug-likeness (QED) is 0.386. The number of carbonyl (C=O) groups excluding carboxylic acids is 2. The first-order valence-corrected chi connectivity index (χ1v) is 10.9. The molecular weight excluding hydrogens is 416 g/mol. The number of furan rings is 2. The molecule has 0 radical (unpaired) electrons. The molecule has 2 aromatic carbocycles. The van der Waals surface area contributed by atoms with Gasteiger partial charge in [-0.15, -0.1) is 0 Å². The van der Waals surface area contributed by atoms with Crippen LogP contribution in [0.2, 0.25) is 0 Å². The van der Waals surface area contributed by atoms with E-state index in [0.29, 0.717) is 12.3 Å². The summed E-state index contributed by atoms with van der Waals surface area (Å²) in [5.74, 6) is 0.349. The average molecular weight is 440 g/mol. The second-order valence-electron chi connectivity index (χ2n) is 8.21. The monoisotopic (exact) mass is 440 g/mol. The topological polar surface area (TPSA) is 66.9 Å². The van der Waals surface area contributed by atoms with Crippen molar-refractivity contribution < 1.29 is 18.4 Å². The molecule has 1 aliphatic heterocycles. The molecule has 0 fully saturated rings. The number of fused-ring (bicyclic) bond motifs is 1. The summed E-state index contributed by atoms with van der Waals surface area (Å²) in [5, 5.41) is 0. The van der Waals surface area contributed by atoms with Gasteiger partial charge in [-0.1, -0.05) is 48.5 Å². The van der Waals surface area contributed by atoms with Crippen molar-refractivity contribution in [1.82, 2.24) is 0 Å². The van der Waals surface area contributed by atoms with Crippen molar-refractivity contribution >= 4 is 23.4 Å². The summed E-state index contributed by atoms with van der Waals surface area (Å²) < 4.78 is 11.5. The van der Waals surface area contributed by atoms with Crippen LogP contribution in [0.4, 0.5) is 11.6 Å². The lowest BCUT2D eigenvalue weighted by Gasteiger charge is -2.41. The van der Waals surface area contributed by atoms with Crippen LogP contribution >= 0.6 is 0 Å². The largest absolute Gasteiger partial charge is 0.459 e. The summed E-state index contributed by atoms with van der Waals surface area (Å²) in [7, 11) is 0. The maximum atomic E-state index is 13.4. The van der Waals surface area contributed by atoms with Gasteiger partial charge in [0.25, 0.3) is 5.91 Å². The maximum absolute atomic E-state index is 13.4. The molecule has 0 aliphatic carbocycles. The van der Waals surface area contributed by atoms with E-state index >= 15 is 0 Å². The molecule has 33 heavy (non-hydrogen) atoms. The molecule has 5 rings (SSSR count). The Bertz CT molecular complexity index is 1260. The van der Waals surface area contributed by atoms with E-state index in [1.54, 1.807) is 35.1 Å². The Morgan fingerprint density at radius 3 is 2.27 bits per heavy atom. The summed E-state index contributed by atoms with van der Waals surface area (Å²) in [4.78, 5) is 29.7. The van der Waals surface area contributed by atoms with Gasteiger partial charge in [0.2, 0.25) is 11.8 Å². The molecule has 0 bridgehead atoms. The fourth-order valence-corrected chi connectivity index (χ4v) is 4.67. The van der Waals surface area contributed by atoms with Gasteiger partial charge in [0.15, 0.2) is 5.76 Å². The maximum Gasteiger partial charge on any atom is 0.296 e. The van der Waals surface area contributed by atoms with Gasteiger partial charge in [0.05, 0.1) is 12.3 Å². The highest BCUT2D eigenvalue weighted by molar-refractivity contribution is 6.05. The zero-order chi connectivity index (χ0) is 22.9. The Hall–Kier alpha value is -4.06. The van der Waals surface area contributed by atoms with Gasteiger partial charge >= 0.3 is 0 Å². The molecule has 2 amide bonds. The molecule has 6 heteroatoms. The molecule has 1 aliphatic rings. The SMILES string of the molecule is CC(=O)N(c1ccccc1)C1CC(C)N(C(=O)c2ccco2)c2occ(-c3ccccc3)c21. The van der Waals surface area contributed by atoms with Gasteiger partial charge in [0, 0.05) is 29.8 Å². The van der Waals surface area contributed by atoms with Gasteiger partial charge in [0.1, 0.15) is 6.26 Å². The second-order valence-corrected chi connectivity index (χ2v) is 8.21. The van der Waals surface area contributed by atoms with Crippen molar-refractivity contribution in [2.24, 2.45) is 0 Å². The molecule has 2 unspecified atom stereocenters. The Balaban J connectivity index is 1.69. The number of carbonyl (C=O) groups is 2. The number of rotatable bonds is 4. The minimum Gasteiger partial charge on any atom is -0.459 e. The molecule has 6 nitrogen and oxygen atoms in total. The van der Waals surface area contributed by atoms with Crippen LogP contribution in [0, 0.1) is 0 Å². The molecule has 2 atom stereocenters. The summed E-state index contributed by atoms with van der Waals surface area (Å²) in [6.45, 7) is 3.53. The van der Waals surface area contributed by atoms with Crippen LogP contribution < -0.4 is 9.80 Å². The molecule has 0 spiro atoms. The van der Waals surface area contributed by atoms with E-state index in [1.165, 1.54) is 6.26 Å². The number of amides is 2.